The van der Waals surface area contributed by atoms with E-state index in [1.165, 1.54) is 0 Å². The highest BCUT2D eigenvalue weighted by Gasteiger charge is 2.61. The van der Waals surface area contributed by atoms with Crippen molar-refractivity contribution in [3.63, 3.8) is 0 Å². The molecule has 8 heteroatoms. The van der Waals surface area contributed by atoms with E-state index in [9.17, 15) is 9.59 Å². The zero-order valence-electron chi connectivity index (χ0n) is 15.8. The fourth-order valence-corrected chi connectivity index (χ4v) is 5.31. The zero-order chi connectivity index (χ0) is 19.3. The van der Waals surface area contributed by atoms with Crippen LogP contribution in [0.25, 0.3) is 11.0 Å². The first-order chi connectivity index (χ1) is 13.6. The average Bonchev–Trinajstić information content (AvgIpc) is 3.41. The number of piperazine rings is 1. The maximum atomic E-state index is 12.6. The lowest BCUT2D eigenvalue weighted by atomic mass is 9.61. The number of nitrogens with two attached hydrogens (primary N) is 1. The standard InChI is InChI=1S/C20H26N6O2/c21-18(28)13-2-1-3-15-17(13)25-19(24-15)20-10-12(11-23-20)14(20)4-5-16(27)26-8-6-22-7-9-26/h1-3,12,14,22-23H,4-11H2,(H2,21,28)(H,24,25)/t12?,14?,20-/m0/s1. The van der Waals surface area contributed by atoms with Crippen LogP contribution in [0.5, 0.6) is 0 Å². The number of carbonyl (C=O) groups is 2. The van der Waals surface area contributed by atoms with Gasteiger partial charge in [-0.25, -0.2) is 4.98 Å². The van der Waals surface area contributed by atoms with Crippen LogP contribution in [-0.4, -0.2) is 59.4 Å². The molecule has 148 valence electrons. The number of hydrogen-bond acceptors (Lipinski definition) is 5. The van der Waals surface area contributed by atoms with E-state index in [0.717, 1.165) is 56.9 Å². The van der Waals surface area contributed by atoms with Crippen LogP contribution >= 0.6 is 0 Å². The Labute approximate surface area is 163 Å². The zero-order valence-corrected chi connectivity index (χ0v) is 15.8. The van der Waals surface area contributed by atoms with Crippen LogP contribution in [0.1, 0.15) is 35.4 Å². The van der Waals surface area contributed by atoms with Crippen LogP contribution in [0.15, 0.2) is 18.2 Å². The van der Waals surface area contributed by atoms with Crippen LogP contribution in [-0.2, 0) is 10.3 Å². The van der Waals surface area contributed by atoms with Crippen molar-refractivity contribution in [1.29, 1.82) is 0 Å². The molecule has 2 bridgehead atoms. The molecule has 0 radical (unpaired) electrons. The number of nitrogens with zero attached hydrogens (tertiary/aromatic N) is 2. The second-order valence-electron chi connectivity index (χ2n) is 8.24. The number of nitrogens with one attached hydrogen (secondary N) is 3. The van der Waals surface area contributed by atoms with E-state index in [0.29, 0.717) is 29.3 Å². The number of aromatic nitrogens is 2. The van der Waals surface area contributed by atoms with Gasteiger partial charge in [0.2, 0.25) is 5.91 Å². The molecule has 3 saturated heterocycles. The third kappa shape index (κ3) is 2.62. The molecule has 3 atom stereocenters. The Hall–Kier alpha value is -2.45. The number of para-hydroxylation sites is 1. The van der Waals surface area contributed by atoms with Gasteiger partial charge in [-0.3, -0.25) is 9.59 Å². The van der Waals surface area contributed by atoms with Crippen molar-refractivity contribution in [3.8, 4) is 0 Å². The molecule has 0 spiro atoms. The predicted octanol–water partition coefficient (Wildman–Crippen LogP) is 0.308. The van der Waals surface area contributed by atoms with Gasteiger partial charge in [0.05, 0.1) is 16.6 Å². The third-order valence-corrected chi connectivity index (χ3v) is 6.81. The molecule has 5 N–H and O–H groups in total. The average molecular weight is 382 g/mol. The Balaban J connectivity index is 1.36. The number of primary amides is 1. The summed E-state index contributed by atoms with van der Waals surface area (Å²) >= 11 is 0. The smallest absolute Gasteiger partial charge is 0.250 e. The van der Waals surface area contributed by atoms with Crippen LogP contribution in [0.4, 0.5) is 0 Å². The second kappa shape index (κ2) is 6.56. The predicted molar refractivity (Wildman–Crippen MR) is 105 cm³/mol. The summed E-state index contributed by atoms with van der Waals surface area (Å²) in [7, 11) is 0. The number of carbonyl (C=O) groups excluding carboxylic acids is 2. The fraction of sp³-hybridized carbons (Fsp3) is 0.550. The summed E-state index contributed by atoms with van der Waals surface area (Å²) in [6.45, 7) is 4.31. The Morgan fingerprint density at radius 3 is 2.86 bits per heavy atom. The van der Waals surface area contributed by atoms with Gasteiger partial charge in [0.15, 0.2) is 0 Å². The van der Waals surface area contributed by atoms with Gasteiger partial charge in [-0.05, 0) is 43.4 Å². The van der Waals surface area contributed by atoms with E-state index >= 15 is 0 Å². The summed E-state index contributed by atoms with van der Waals surface area (Å²) in [4.78, 5) is 34.5. The lowest BCUT2D eigenvalue weighted by Crippen LogP contribution is -2.51. The first-order valence-corrected chi connectivity index (χ1v) is 10.1. The Morgan fingerprint density at radius 1 is 1.29 bits per heavy atom. The molecule has 28 heavy (non-hydrogen) atoms. The topological polar surface area (TPSA) is 116 Å². The molecule has 1 saturated carbocycles. The van der Waals surface area contributed by atoms with Crippen LogP contribution in [0, 0.1) is 11.8 Å². The molecule has 2 amide bonds. The summed E-state index contributed by atoms with van der Waals surface area (Å²) in [6.07, 6.45) is 2.46. The molecule has 4 heterocycles. The Morgan fingerprint density at radius 2 is 2.11 bits per heavy atom. The highest BCUT2D eigenvalue weighted by atomic mass is 16.2. The fourth-order valence-electron chi connectivity index (χ4n) is 5.31. The molecule has 4 fully saturated rings. The molecular weight excluding hydrogens is 356 g/mol. The normalized spacial score (nSPS) is 29.1. The van der Waals surface area contributed by atoms with Crippen molar-refractivity contribution < 1.29 is 9.59 Å². The quantitative estimate of drug-likeness (QED) is 0.594. The van der Waals surface area contributed by atoms with Gasteiger partial charge in [0.1, 0.15) is 11.3 Å². The van der Waals surface area contributed by atoms with Crippen molar-refractivity contribution in [3.05, 3.63) is 29.6 Å². The van der Waals surface area contributed by atoms with Crippen LogP contribution in [0.2, 0.25) is 0 Å². The molecular formula is C20H26N6O2. The minimum atomic E-state index is -0.467. The molecule has 1 aromatic carbocycles. The number of H-pyrrole nitrogens is 1. The summed E-state index contributed by atoms with van der Waals surface area (Å²) in [6, 6.07) is 5.45. The number of hydrogen-bond donors (Lipinski definition) is 4. The van der Waals surface area contributed by atoms with Crippen molar-refractivity contribution in [2.45, 2.75) is 24.8 Å². The van der Waals surface area contributed by atoms with Crippen molar-refractivity contribution >= 4 is 22.8 Å². The number of amides is 2. The summed E-state index contributed by atoms with van der Waals surface area (Å²) in [5, 5.41) is 6.93. The first-order valence-electron chi connectivity index (χ1n) is 10.1. The highest BCUT2D eigenvalue weighted by molar-refractivity contribution is 6.04. The van der Waals surface area contributed by atoms with Crippen LogP contribution < -0.4 is 16.4 Å². The summed E-state index contributed by atoms with van der Waals surface area (Å²) < 4.78 is 0. The molecule has 2 unspecified atom stereocenters. The van der Waals surface area contributed by atoms with Crippen LogP contribution in [0.3, 0.4) is 0 Å². The number of aromatic amines is 1. The van der Waals surface area contributed by atoms with Gasteiger partial charge >= 0.3 is 0 Å². The van der Waals surface area contributed by atoms with Gasteiger partial charge in [-0.2, -0.15) is 0 Å². The number of imidazole rings is 1. The molecule has 8 nitrogen and oxygen atoms in total. The van der Waals surface area contributed by atoms with Gasteiger partial charge in [0, 0.05) is 32.6 Å². The van der Waals surface area contributed by atoms with Gasteiger partial charge in [-0.1, -0.05) is 6.07 Å². The van der Waals surface area contributed by atoms with Crippen molar-refractivity contribution in [1.82, 2.24) is 25.5 Å². The Bertz CT molecular complexity index is 930. The molecule has 6 rings (SSSR count). The SMILES string of the molecule is NC(=O)c1cccc2[nH]c([C@@]34CC(CN3)C4CCC(=O)N3CCNCC3)nc12. The molecule has 3 aliphatic heterocycles. The van der Waals surface area contributed by atoms with Crippen molar-refractivity contribution in [2.24, 2.45) is 17.6 Å². The van der Waals surface area contributed by atoms with Gasteiger partial charge < -0.3 is 26.3 Å². The van der Waals surface area contributed by atoms with E-state index < -0.39 is 5.91 Å². The first kappa shape index (κ1) is 17.6. The minimum Gasteiger partial charge on any atom is -0.366 e. The monoisotopic (exact) mass is 382 g/mol. The van der Waals surface area contributed by atoms with E-state index in [-0.39, 0.29) is 11.4 Å². The maximum Gasteiger partial charge on any atom is 0.250 e. The van der Waals surface area contributed by atoms with Gasteiger partial charge in [-0.15, -0.1) is 0 Å². The van der Waals surface area contributed by atoms with E-state index in [1.54, 1.807) is 6.07 Å². The number of fused-ring (bicyclic) bond motifs is 2. The summed E-state index contributed by atoms with van der Waals surface area (Å²) in [5.74, 6) is 1.62. The lowest BCUT2D eigenvalue weighted by Gasteiger charge is -2.45. The molecule has 2 aromatic rings. The largest absolute Gasteiger partial charge is 0.366 e. The second-order valence-corrected chi connectivity index (χ2v) is 8.24. The number of rotatable bonds is 5. The third-order valence-electron chi connectivity index (χ3n) is 6.81. The Kier molecular flexibility index (Phi) is 4.13. The number of benzene rings is 1. The minimum absolute atomic E-state index is 0.220. The van der Waals surface area contributed by atoms with Gasteiger partial charge in [0.25, 0.3) is 5.91 Å². The highest BCUT2D eigenvalue weighted by Crippen LogP contribution is 2.57. The lowest BCUT2D eigenvalue weighted by molar-refractivity contribution is -0.132. The van der Waals surface area contributed by atoms with E-state index in [1.807, 2.05) is 17.0 Å². The maximum absolute atomic E-state index is 12.6. The summed E-state index contributed by atoms with van der Waals surface area (Å²) in [5.41, 5.74) is 7.19. The molecule has 1 aliphatic carbocycles. The van der Waals surface area contributed by atoms with E-state index in [4.69, 9.17) is 10.7 Å². The van der Waals surface area contributed by atoms with Crippen molar-refractivity contribution in [2.75, 3.05) is 32.7 Å². The van der Waals surface area contributed by atoms with E-state index in [2.05, 4.69) is 15.6 Å². The molecule has 4 aliphatic rings. The molecule has 1 aromatic heterocycles.